The van der Waals surface area contributed by atoms with Gasteiger partial charge in [0.05, 0.1) is 27.7 Å². The molecule has 0 aliphatic rings. The molecule has 2 atom stereocenters. The molecule has 10 heteroatoms. The van der Waals surface area contributed by atoms with Gasteiger partial charge in [-0.05, 0) is 77.0 Å². The van der Waals surface area contributed by atoms with Gasteiger partial charge in [-0.3, -0.25) is 14.2 Å². The first kappa shape index (κ1) is 67.7. The minimum atomic E-state index is -4.64. The molecular formula is C60H110NO8P. The Balaban J connectivity index is 4.04. The van der Waals surface area contributed by atoms with Crippen LogP contribution in [0.15, 0.2) is 60.8 Å². The van der Waals surface area contributed by atoms with Crippen molar-refractivity contribution >= 4 is 19.8 Å². The SMILES string of the molecule is CC/C=C\C/C=C\C/C=C\CCCCCCCC(=O)OC(COC(=O)CCCCCCCCCCCCCCCCCCCCC/C=C\C/C=C\CCCCCCC)COP(=O)([O-])OCC[N+](C)(C)C. The Hall–Kier alpha value is -2.29. The van der Waals surface area contributed by atoms with Gasteiger partial charge in [0.15, 0.2) is 6.10 Å². The molecule has 0 radical (unpaired) electrons. The predicted molar refractivity (Wildman–Crippen MR) is 296 cm³/mol. The summed E-state index contributed by atoms with van der Waals surface area (Å²) >= 11 is 0. The summed E-state index contributed by atoms with van der Waals surface area (Å²) < 4.78 is 34.1. The predicted octanol–water partition coefficient (Wildman–Crippen LogP) is 17.3. The molecule has 0 aromatic carbocycles. The monoisotopic (exact) mass is 1000 g/mol. The molecule has 0 aliphatic heterocycles. The Morgan fingerprint density at radius 1 is 0.457 bits per heavy atom. The van der Waals surface area contributed by atoms with E-state index in [-0.39, 0.29) is 32.0 Å². The summed E-state index contributed by atoms with van der Waals surface area (Å²) in [6.07, 6.45) is 65.7. The Morgan fingerprint density at radius 2 is 0.814 bits per heavy atom. The van der Waals surface area contributed by atoms with Crippen LogP contribution in [-0.2, 0) is 32.7 Å². The molecule has 0 heterocycles. The molecule has 70 heavy (non-hydrogen) atoms. The quantitative estimate of drug-likeness (QED) is 0.0195. The Bertz CT molecular complexity index is 1370. The second kappa shape index (κ2) is 51.6. The lowest BCUT2D eigenvalue weighted by atomic mass is 10.0. The molecule has 0 saturated carbocycles. The topological polar surface area (TPSA) is 111 Å². The van der Waals surface area contributed by atoms with Crippen molar-refractivity contribution in [3.63, 3.8) is 0 Å². The fourth-order valence-corrected chi connectivity index (χ4v) is 8.78. The molecule has 0 N–H and O–H groups in total. The van der Waals surface area contributed by atoms with Crippen LogP contribution in [0.4, 0.5) is 0 Å². The summed E-state index contributed by atoms with van der Waals surface area (Å²) in [6.45, 7) is 4.11. The highest BCUT2D eigenvalue weighted by atomic mass is 31.2. The van der Waals surface area contributed by atoms with Gasteiger partial charge in [-0.1, -0.05) is 229 Å². The average molecular weight is 1000 g/mol. The van der Waals surface area contributed by atoms with Crippen molar-refractivity contribution < 1.29 is 42.1 Å². The number of unbranched alkanes of at least 4 members (excludes halogenated alkanes) is 29. The summed E-state index contributed by atoms with van der Waals surface area (Å²) in [4.78, 5) is 37.8. The van der Waals surface area contributed by atoms with E-state index in [0.29, 0.717) is 17.4 Å². The smallest absolute Gasteiger partial charge is 0.306 e. The van der Waals surface area contributed by atoms with Crippen LogP contribution in [0.3, 0.4) is 0 Å². The molecule has 9 nitrogen and oxygen atoms in total. The first-order valence-corrected chi connectivity index (χ1v) is 30.5. The molecule has 0 saturated heterocycles. The van der Waals surface area contributed by atoms with Gasteiger partial charge in [-0.15, -0.1) is 0 Å². The van der Waals surface area contributed by atoms with E-state index in [0.717, 1.165) is 77.0 Å². The molecule has 0 aromatic rings. The summed E-state index contributed by atoms with van der Waals surface area (Å²) in [7, 11) is 1.15. The third-order valence-electron chi connectivity index (χ3n) is 12.5. The van der Waals surface area contributed by atoms with Gasteiger partial charge in [0.2, 0.25) is 0 Å². The van der Waals surface area contributed by atoms with Gasteiger partial charge in [-0.2, -0.15) is 0 Å². The number of phosphoric ester groups is 1. The molecule has 0 bridgehead atoms. The van der Waals surface area contributed by atoms with Crippen LogP contribution in [0, 0.1) is 0 Å². The minimum absolute atomic E-state index is 0.0353. The standard InChI is InChI=1S/C60H110NO8P/c1-6-8-10-12-14-16-18-20-22-23-24-25-26-27-28-29-30-31-32-33-34-35-36-37-39-40-42-44-46-48-50-52-59(62)66-56-58(57-68-70(64,65)67-55-54-61(3,4)5)69-60(63)53-51-49-47-45-43-41-38-21-19-17-15-13-11-9-7-2/h9,11,15,17-18,20-21,23-24,38,58H,6-8,10,12-14,16,19,22,25-37,39-57H2,1-5H3/b11-9-,17-15-,20-18-,24-23-,38-21-. The van der Waals surface area contributed by atoms with Gasteiger partial charge < -0.3 is 27.9 Å². The van der Waals surface area contributed by atoms with Gasteiger partial charge in [0.25, 0.3) is 7.82 Å². The highest BCUT2D eigenvalue weighted by molar-refractivity contribution is 7.45. The second-order valence-electron chi connectivity index (χ2n) is 20.6. The van der Waals surface area contributed by atoms with Crippen molar-refractivity contribution in [2.75, 3.05) is 47.5 Å². The summed E-state index contributed by atoms with van der Waals surface area (Å²) in [5, 5.41) is 0. The van der Waals surface area contributed by atoms with Crippen LogP contribution in [0.2, 0.25) is 0 Å². The van der Waals surface area contributed by atoms with Crippen LogP contribution in [-0.4, -0.2) is 70.0 Å². The summed E-state index contributed by atoms with van der Waals surface area (Å²) in [5.41, 5.74) is 0. The van der Waals surface area contributed by atoms with Crippen molar-refractivity contribution in [1.82, 2.24) is 0 Å². The Kier molecular flexibility index (Phi) is 49.9. The molecule has 0 rings (SSSR count). The van der Waals surface area contributed by atoms with E-state index in [1.807, 2.05) is 21.1 Å². The Labute approximate surface area is 432 Å². The number of carbonyl (C=O) groups excluding carboxylic acids is 2. The molecule has 0 aliphatic carbocycles. The highest BCUT2D eigenvalue weighted by Crippen LogP contribution is 2.38. The number of nitrogens with zero attached hydrogens (tertiary/aromatic N) is 1. The van der Waals surface area contributed by atoms with Crippen LogP contribution in [0.5, 0.6) is 0 Å². The second-order valence-corrected chi connectivity index (χ2v) is 22.0. The number of phosphoric acid groups is 1. The number of hydrogen-bond acceptors (Lipinski definition) is 8. The fraction of sp³-hybridized carbons (Fsp3) is 0.800. The van der Waals surface area contributed by atoms with Crippen molar-refractivity contribution in [2.24, 2.45) is 0 Å². The molecule has 0 spiro atoms. The number of esters is 2. The van der Waals surface area contributed by atoms with E-state index < -0.39 is 26.5 Å². The average Bonchev–Trinajstić information content (AvgIpc) is 3.32. The fourth-order valence-electron chi connectivity index (χ4n) is 8.05. The maximum absolute atomic E-state index is 12.7. The van der Waals surface area contributed by atoms with Crippen LogP contribution >= 0.6 is 7.82 Å². The number of quaternary nitrogens is 1. The summed E-state index contributed by atoms with van der Waals surface area (Å²) in [5.74, 6) is -0.847. The zero-order valence-electron chi connectivity index (χ0n) is 46.2. The van der Waals surface area contributed by atoms with Crippen LogP contribution < -0.4 is 4.89 Å². The highest BCUT2D eigenvalue weighted by Gasteiger charge is 2.22. The van der Waals surface area contributed by atoms with E-state index >= 15 is 0 Å². The van der Waals surface area contributed by atoms with Gasteiger partial charge in [0, 0.05) is 12.8 Å². The van der Waals surface area contributed by atoms with Crippen LogP contribution in [0.25, 0.3) is 0 Å². The zero-order chi connectivity index (χ0) is 51.3. The first-order chi connectivity index (χ1) is 34.0. The third kappa shape index (κ3) is 55.0. The molecule has 0 amide bonds. The lowest BCUT2D eigenvalue weighted by Gasteiger charge is -2.28. The van der Waals surface area contributed by atoms with E-state index in [9.17, 15) is 19.0 Å². The van der Waals surface area contributed by atoms with Gasteiger partial charge in [0.1, 0.15) is 19.8 Å². The number of carbonyl (C=O) groups is 2. The molecule has 408 valence electrons. The van der Waals surface area contributed by atoms with Crippen LogP contribution in [0.1, 0.15) is 258 Å². The largest absolute Gasteiger partial charge is 0.756 e. The van der Waals surface area contributed by atoms with Gasteiger partial charge in [-0.25, -0.2) is 0 Å². The lowest BCUT2D eigenvalue weighted by Crippen LogP contribution is -2.37. The van der Waals surface area contributed by atoms with Crippen molar-refractivity contribution in [1.29, 1.82) is 0 Å². The first-order valence-electron chi connectivity index (χ1n) is 29.0. The maximum Gasteiger partial charge on any atom is 0.306 e. The molecule has 2 unspecified atom stereocenters. The molecular weight excluding hydrogens is 894 g/mol. The number of ether oxygens (including phenoxy) is 2. The van der Waals surface area contributed by atoms with E-state index in [2.05, 4.69) is 74.6 Å². The van der Waals surface area contributed by atoms with Gasteiger partial charge >= 0.3 is 11.9 Å². The normalized spacial score (nSPS) is 13.7. The molecule has 0 fully saturated rings. The van der Waals surface area contributed by atoms with Crippen molar-refractivity contribution in [2.45, 2.75) is 264 Å². The third-order valence-corrected chi connectivity index (χ3v) is 13.5. The van der Waals surface area contributed by atoms with E-state index in [1.165, 1.54) is 148 Å². The van der Waals surface area contributed by atoms with E-state index in [4.69, 9.17) is 18.5 Å². The zero-order valence-corrected chi connectivity index (χ0v) is 47.1. The maximum atomic E-state index is 12.7. The number of rotatable bonds is 53. The van der Waals surface area contributed by atoms with E-state index in [1.54, 1.807) is 0 Å². The number of likely N-dealkylation sites (N-methyl/N-ethyl adjacent to an activating group) is 1. The summed E-state index contributed by atoms with van der Waals surface area (Å²) in [6, 6.07) is 0. The van der Waals surface area contributed by atoms with Crippen molar-refractivity contribution in [3.8, 4) is 0 Å². The lowest BCUT2D eigenvalue weighted by molar-refractivity contribution is -0.870. The molecule has 0 aromatic heterocycles. The Morgan fingerprint density at radius 3 is 1.21 bits per heavy atom. The van der Waals surface area contributed by atoms with Crippen molar-refractivity contribution in [3.05, 3.63) is 60.8 Å². The number of allylic oxidation sites excluding steroid dienone is 10. The number of hydrogen-bond donors (Lipinski definition) is 0. The minimum Gasteiger partial charge on any atom is -0.756 e.